The van der Waals surface area contributed by atoms with Crippen LogP contribution < -0.4 is 0 Å². The van der Waals surface area contributed by atoms with Crippen molar-refractivity contribution in [3.8, 4) is 0 Å². The lowest BCUT2D eigenvalue weighted by Crippen LogP contribution is -2.08. The minimum atomic E-state index is -4.06. The topological polar surface area (TPSA) is 43.6 Å². The molecule has 0 aliphatic heterocycles. The summed E-state index contributed by atoms with van der Waals surface area (Å²) >= 11 is 0. The van der Waals surface area contributed by atoms with Gasteiger partial charge in [-0.2, -0.15) is 18.0 Å². The van der Waals surface area contributed by atoms with Gasteiger partial charge in [-0.25, -0.2) is 0 Å². The van der Waals surface area contributed by atoms with Gasteiger partial charge in [0.15, 0.2) is 5.82 Å². The van der Waals surface area contributed by atoms with E-state index in [9.17, 15) is 13.2 Å². The Labute approximate surface area is 79.1 Å². The first-order valence-electron chi connectivity index (χ1n) is 4.28. The Bertz CT molecular complexity index is 281. The fourth-order valence-corrected chi connectivity index (χ4v) is 0.997. The van der Waals surface area contributed by atoms with Gasteiger partial charge in [0.25, 0.3) is 0 Å². The molecular weight excluding hydrogens is 197 g/mol. The molecule has 0 unspecified atom stereocenters. The zero-order valence-corrected chi connectivity index (χ0v) is 7.75. The summed E-state index contributed by atoms with van der Waals surface area (Å²) in [5.41, 5.74) is 0. The number of unbranched alkanes of at least 4 members (excludes halogenated alkanes) is 1. The summed E-state index contributed by atoms with van der Waals surface area (Å²) in [4.78, 5) is 1.31. The second kappa shape index (κ2) is 4.39. The zero-order chi connectivity index (χ0) is 10.6. The maximum Gasteiger partial charge on any atom is 0.389 e. The fourth-order valence-electron chi connectivity index (χ4n) is 0.997. The van der Waals surface area contributed by atoms with Crippen LogP contribution in [0.3, 0.4) is 0 Å². The molecular formula is C7H11F3N4. The van der Waals surface area contributed by atoms with Crippen molar-refractivity contribution in [2.24, 2.45) is 0 Å². The van der Waals surface area contributed by atoms with Gasteiger partial charge in [0.2, 0.25) is 0 Å². The van der Waals surface area contributed by atoms with E-state index in [1.165, 1.54) is 4.80 Å². The zero-order valence-electron chi connectivity index (χ0n) is 7.75. The maximum atomic E-state index is 11.7. The van der Waals surface area contributed by atoms with Crippen molar-refractivity contribution in [3.05, 3.63) is 5.82 Å². The van der Waals surface area contributed by atoms with Crippen LogP contribution in [0.25, 0.3) is 0 Å². The standard InChI is InChI=1S/C7H11F3N4/c1-6-11-13-14(12-6)5-3-2-4-7(8,9)10/h2-5H2,1H3. The van der Waals surface area contributed by atoms with E-state index in [1.807, 2.05) is 0 Å². The Hall–Kier alpha value is -1.14. The lowest BCUT2D eigenvalue weighted by Gasteiger charge is -2.04. The van der Waals surface area contributed by atoms with Gasteiger partial charge in [-0.05, 0) is 25.0 Å². The Kier molecular flexibility index (Phi) is 3.43. The molecule has 4 nitrogen and oxygen atoms in total. The van der Waals surface area contributed by atoms with E-state index >= 15 is 0 Å². The third-order valence-corrected chi connectivity index (χ3v) is 1.62. The number of aryl methyl sites for hydroxylation is 2. The maximum absolute atomic E-state index is 11.7. The van der Waals surface area contributed by atoms with Gasteiger partial charge in [0.05, 0.1) is 6.54 Å². The van der Waals surface area contributed by atoms with Crippen LogP contribution in [0.4, 0.5) is 13.2 Å². The number of tetrazole rings is 1. The number of rotatable bonds is 4. The molecule has 1 aromatic rings. The lowest BCUT2D eigenvalue weighted by molar-refractivity contribution is -0.135. The molecule has 0 atom stereocenters. The molecule has 0 bridgehead atoms. The first-order valence-corrected chi connectivity index (χ1v) is 4.28. The Morgan fingerprint density at radius 1 is 1.29 bits per heavy atom. The number of nitrogens with zero attached hydrogens (tertiary/aromatic N) is 4. The van der Waals surface area contributed by atoms with Gasteiger partial charge in [-0.15, -0.1) is 10.2 Å². The van der Waals surface area contributed by atoms with Gasteiger partial charge >= 0.3 is 6.18 Å². The van der Waals surface area contributed by atoms with E-state index in [-0.39, 0.29) is 6.42 Å². The molecule has 0 N–H and O–H groups in total. The number of hydrogen-bond acceptors (Lipinski definition) is 3. The quantitative estimate of drug-likeness (QED) is 0.707. The minimum absolute atomic E-state index is 0.101. The molecule has 0 radical (unpaired) electrons. The molecule has 0 spiro atoms. The molecule has 0 fully saturated rings. The molecule has 0 aliphatic carbocycles. The van der Waals surface area contributed by atoms with Crippen LogP contribution >= 0.6 is 0 Å². The highest BCUT2D eigenvalue weighted by atomic mass is 19.4. The van der Waals surface area contributed by atoms with Gasteiger partial charge in [0, 0.05) is 6.42 Å². The van der Waals surface area contributed by atoms with Crippen LogP contribution in [-0.4, -0.2) is 26.4 Å². The second-order valence-corrected chi connectivity index (χ2v) is 3.00. The summed E-state index contributed by atoms with van der Waals surface area (Å²) in [6.07, 6.45) is -4.30. The van der Waals surface area contributed by atoms with E-state index in [1.54, 1.807) is 6.92 Å². The Morgan fingerprint density at radius 3 is 2.50 bits per heavy atom. The largest absolute Gasteiger partial charge is 0.389 e. The normalized spacial score (nSPS) is 12.0. The predicted molar refractivity (Wildman–Crippen MR) is 42.5 cm³/mol. The smallest absolute Gasteiger partial charge is 0.171 e. The highest BCUT2D eigenvalue weighted by molar-refractivity contribution is 4.66. The molecule has 0 saturated carbocycles. The highest BCUT2D eigenvalue weighted by Gasteiger charge is 2.25. The fraction of sp³-hybridized carbons (Fsp3) is 0.857. The van der Waals surface area contributed by atoms with Crippen molar-refractivity contribution in [2.45, 2.75) is 38.9 Å². The van der Waals surface area contributed by atoms with E-state index in [4.69, 9.17) is 0 Å². The molecule has 1 rings (SSSR count). The van der Waals surface area contributed by atoms with E-state index in [0.717, 1.165) is 0 Å². The summed E-state index contributed by atoms with van der Waals surface area (Å²) in [6.45, 7) is 2.07. The van der Waals surface area contributed by atoms with Crippen molar-refractivity contribution < 1.29 is 13.2 Å². The van der Waals surface area contributed by atoms with Gasteiger partial charge < -0.3 is 0 Å². The Morgan fingerprint density at radius 2 is 2.00 bits per heavy atom. The van der Waals surface area contributed by atoms with E-state index < -0.39 is 12.6 Å². The predicted octanol–water partition coefficient (Wildman–Crippen LogP) is 1.71. The van der Waals surface area contributed by atoms with E-state index in [0.29, 0.717) is 18.8 Å². The molecule has 80 valence electrons. The van der Waals surface area contributed by atoms with Crippen LogP contribution in [0.15, 0.2) is 0 Å². The van der Waals surface area contributed by atoms with Crippen LogP contribution in [0.5, 0.6) is 0 Å². The van der Waals surface area contributed by atoms with Crippen molar-refractivity contribution >= 4 is 0 Å². The number of halogens is 3. The molecule has 7 heteroatoms. The average molecular weight is 208 g/mol. The molecule has 1 aromatic heterocycles. The molecule has 0 amide bonds. The van der Waals surface area contributed by atoms with Gasteiger partial charge in [-0.1, -0.05) is 0 Å². The van der Waals surface area contributed by atoms with Crippen LogP contribution in [0.1, 0.15) is 25.1 Å². The van der Waals surface area contributed by atoms with Gasteiger partial charge in [0.1, 0.15) is 0 Å². The van der Waals surface area contributed by atoms with Crippen molar-refractivity contribution in [1.82, 2.24) is 20.2 Å². The van der Waals surface area contributed by atoms with Crippen molar-refractivity contribution in [3.63, 3.8) is 0 Å². The third kappa shape index (κ3) is 4.20. The molecule has 0 aromatic carbocycles. The van der Waals surface area contributed by atoms with E-state index in [2.05, 4.69) is 15.4 Å². The minimum Gasteiger partial charge on any atom is -0.171 e. The third-order valence-electron chi connectivity index (χ3n) is 1.62. The number of hydrogen-bond donors (Lipinski definition) is 0. The average Bonchev–Trinajstić information content (AvgIpc) is 2.44. The van der Waals surface area contributed by atoms with Crippen LogP contribution in [0.2, 0.25) is 0 Å². The first-order chi connectivity index (χ1) is 6.47. The summed E-state index contributed by atoms with van der Waals surface area (Å²) in [5.74, 6) is 0.529. The number of alkyl halides is 3. The summed E-state index contributed by atoms with van der Waals surface area (Å²) in [5, 5.41) is 11.1. The van der Waals surface area contributed by atoms with Crippen LogP contribution in [-0.2, 0) is 6.54 Å². The van der Waals surface area contributed by atoms with Crippen molar-refractivity contribution in [1.29, 1.82) is 0 Å². The second-order valence-electron chi connectivity index (χ2n) is 3.00. The molecule has 1 heterocycles. The van der Waals surface area contributed by atoms with Gasteiger partial charge in [-0.3, -0.25) is 0 Å². The SMILES string of the molecule is Cc1nnn(CCCCC(F)(F)F)n1. The summed E-state index contributed by atoms with van der Waals surface area (Å²) in [6, 6.07) is 0. The number of aromatic nitrogens is 4. The highest BCUT2D eigenvalue weighted by Crippen LogP contribution is 2.22. The van der Waals surface area contributed by atoms with Crippen LogP contribution in [0, 0.1) is 6.92 Å². The molecule has 0 saturated heterocycles. The van der Waals surface area contributed by atoms with Crippen molar-refractivity contribution in [2.75, 3.05) is 0 Å². The monoisotopic (exact) mass is 208 g/mol. The molecule has 14 heavy (non-hydrogen) atoms. The Balaban J connectivity index is 2.16. The lowest BCUT2D eigenvalue weighted by atomic mass is 10.2. The summed E-state index contributed by atoms with van der Waals surface area (Å²) in [7, 11) is 0. The summed E-state index contributed by atoms with van der Waals surface area (Å²) < 4.78 is 35.2. The molecule has 0 aliphatic rings. The first kappa shape index (κ1) is 10.9.